The van der Waals surface area contributed by atoms with E-state index in [4.69, 9.17) is 14.6 Å². The number of nitrogens with zero attached hydrogens (tertiary/aromatic N) is 6. The van der Waals surface area contributed by atoms with Crippen molar-refractivity contribution >= 4 is 16.7 Å². The molecule has 0 aliphatic carbocycles. The van der Waals surface area contributed by atoms with Crippen LogP contribution in [-0.2, 0) is 18.3 Å². The molecule has 4 heterocycles. The summed E-state index contributed by atoms with van der Waals surface area (Å²) in [6, 6.07) is 11.2. The first-order chi connectivity index (χ1) is 18.3. The van der Waals surface area contributed by atoms with Crippen LogP contribution >= 0.6 is 0 Å². The second-order valence-electron chi connectivity index (χ2n) is 10.6. The first-order valence-electron chi connectivity index (χ1n) is 13.7. The van der Waals surface area contributed by atoms with Gasteiger partial charge < -0.3 is 18.9 Å². The molecule has 0 N–H and O–H groups in total. The summed E-state index contributed by atoms with van der Waals surface area (Å²) in [4.78, 5) is 17.9. The number of rotatable bonds is 8. The van der Waals surface area contributed by atoms with Gasteiger partial charge in [-0.3, -0.25) is 14.4 Å². The van der Waals surface area contributed by atoms with Crippen molar-refractivity contribution in [1.82, 2.24) is 19.2 Å². The molecule has 3 atom stereocenters. The van der Waals surface area contributed by atoms with E-state index in [-0.39, 0.29) is 30.3 Å². The van der Waals surface area contributed by atoms with Gasteiger partial charge in [-0.2, -0.15) is 10.4 Å². The molecule has 3 aromatic rings. The molecule has 202 valence electrons. The largest absolute Gasteiger partial charge is 0.485 e. The Hall–Kier alpha value is -3.35. The molecule has 0 saturated carbocycles. The molecule has 2 saturated heterocycles. The molecule has 9 heteroatoms. The van der Waals surface area contributed by atoms with Crippen molar-refractivity contribution in [3.63, 3.8) is 0 Å². The maximum atomic E-state index is 12.9. The monoisotopic (exact) mass is 518 g/mol. The molecule has 2 fully saturated rings. The highest BCUT2D eigenvalue weighted by Crippen LogP contribution is 2.35. The zero-order valence-electron chi connectivity index (χ0n) is 23.1. The van der Waals surface area contributed by atoms with E-state index in [1.807, 2.05) is 0 Å². The maximum absolute atomic E-state index is 12.9. The lowest BCUT2D eigenvalue weighted by Gasteiger charge is -2.49. The van der Waals surface area contributed by atoms with Crippen molar-refractivity contribution < 1.29 is 9.47 Å². The van der Waals surface area contributed by atoms with Gasteiger partial charge >= 0.3 is 0 Å². The molecule has 2 aliphatic heterocycles. The molecule has 0 radical (unpaired) electrons. The lowest BCUT2D eigenvalue weighted by atomic mass is 9.95. The molecule has 0 bridgehead atoms. The average Bonchev–Trinajstić information content (AvgIpc) is 3.32. The van der Waals surface area contributed by atoms with Gasteiger partial charge in [0, 0.05) is 44.3 Å². The van der Waals surface area contributed by atoms with Crippen molar-refractivity contribution in [2.75, 3.05) is 31.2 Å². The summed E-state index contributed by atoms with van der Waals surface area (Å²) in [5.74, 6) is 0.933. The second-order valence-corrected chi connectivity index (χ2v) is 10.6. The van der Waals surface area contributed by atoms with E-state index in [9.17, 15) is 10.1 Å². The molecule has 38 heavy (non-hydrogen) atoms. The van der Waals surface area contributed by atoms with E-state index in [2.05, 4.69) is 61.8 Å². The minimum Gasteiger partial charge on any atom is -0.485 e. The van der Waals surface area contributed by atoms with Crippen LogP contribution in [0.4, 0.5) is 5.69 Å². The first kappa shape index (κ1) is 26.3. The van der Waals surface area contributed by atoms with E-state index >= 15 is 0 Å². The van der Waals surface area contributed by atoms with Crippen molar-refractivity contribution in [2.45, 2.75) is 71.3 Å². The number of pyridine rings is 1. The van der Waals surface area contributed by atoms with E-state index < -0.39 is 0 Å². The summed E-state index contributed by atoms with van der Waals surface area (Å²) in [5, 5.41) is 13.9. The Morgan fingerprint density at radius 3 is 2.58 bits per heavy atom. The minimum absolute atomic E-state index is 0.0612. The molecule has 1 aromatic carbocycles. The third-order valence-electron chi connectivity index (χ3n) is 8.24. The molecule has 0 amide bonds. The van der Waals surface area contributed by atoms with E-state index in [0.29, 0.717) is 19.3 Å². The van der Waals surface area contributed by atoms with E-state index in [1.165, 1.54) is 5.56 Å². The molecule has 0 spiro atoms. The third kappa shape index (κ3) is 4.79. The highest BCUT2D eigenvalue weighted by atomic mass is 16.6. The number of ether oxygens (including phenoxy) is 2. The highest BCUT2D eigenvalue weighted by molar-refractivity contribution is 5.88. The fraction of sp³-hybridized carbons (Fsp3) is 0.552. The summed E-state index contributed by atoms with van der Waals surface area (Å²) >= 11 is 0. The quantitative estimate of drug-likeness (QED) is 0.448. The fourth-order valence-corrected chi connectivity index (χ4v) is 5.78. The lowest BCUT2D eigenvalue weighted by molar-refractivity contribution is -0.0799. The highest BCUT2D eigenvalue weighted by Gasteiger charge is 2.36. The molecule has 0 unspecified atom stereocenters. The molecule has 9 nitrogen and oxygen atoms in total. The van der Waals surface area contributed by atoms with Crippen LogP contribution in [0.2, 0.25) is 0 Å². The predicted molar refractivity (Wildman–Crippen MR) is 148 cm³/mol. The number of hydrogen-bond donors (Lipinski definition) is 0. The van der Waals surface area contributed by atoms with Gasteiger partial charge in [-0.25, -0.2) is 0 Å². The van der Waals surface area contributed by atoms with Crippen molar-refractivity contribution in [1.29, 1.82) is 5.26 Å². The molecule has 2 aliphatic rings. The van der Waals surface area contributed by atoms with E-state index in [0.717, 1.165) is 54.0 Å². The Morgan fingerprint density at radius 2 is 1.95 bits per heavy atom. The van der Waals surface area contributed by atoms with E-state index in [1.54, 1.807) is 28.6 Å². The van der Waals surface area contributed by atoms with Gasteiger partial charge in [0.15, 0.2) is 0 Å². The number of anilines is 1. The summed E-state index contributed by atoms with van der Waals surface area (Å²) in [6.07, 6.45) is 3.90. The van der Waals surface area contributed by atoms with Crippen LogP contribution in [0.3, 0.4) is 0 Å². The van der Waals surface area contributed by atoms with Crippen molar-refractivity contribution in [3.05, 3.63) is 51.9 Å². The molecule has 2 aromatic heterocycles. The Bertz CT molecular complexity index is 1400. The smallest absolute Gasteiger partial charge is 0.252 e. The number of hydrogen-bond acceptors (Lipinski definition) is 7. The van der Waals surface area contributed by atoms with Crippen LogP contribution < -0.4 is 15.2 Å². The summed E-state index contributed by atoms with van der Waals surface area (Å²) < 4.78 is 14.6. The normalized spacial score (nSPS) is 21.3. The van der Waals surface area contributed by atoms with Gasteiger partial charge in [0.05, 0.1) is 36.7 Å². The minimum atomic E-state index is -0.0612. The fourth-order valence-electron chi connectivity index (χ4n) is 5.78. The summed E-state index contributed by atoms with van der Waals surface area (Å²) in [7, 11) is 1.76. The van der Waals surface area contributed by atoms with Gasteiger partial charge in [-0.1, -0.05) is 26.0 Å². The molecular formula is C29H38N6O3. The average molecular weight is 519 g/mol. The predicted octanol–water partition coefficient (Wildman–Crippen LogP) is 3.79. The van der Waals surface area contributed by atoms with Crippen LogP contribution in [-0.4, -0.2) is 63.7 Å². The Labute approximate surface area is 224 Å². The number of aromatic nitrogens is 3. The summed E-state index contributed by atoms with van der Waals surface area (Å²) in [6.45, 7) is 12.0. The van der Waals surface area contributed by atoms with Gasteiger partial charge in [-0.15, -0.1) is 0 Å². The number of piperazine rings is 1. The van der Waals surface area contributed by atoms with Crippen LogP contribution in [0.15, 0.2) is 35.3 Å². The zero-order chi connectivity index (χ0) is 27.0. The Balaban J connectivity index is 1.43. The first-order valence-corrected chi connectivity index (χ1v) is 13.7. The second kappa shape index (κ2) is 10.8. The SMILES string of the molecule is CC[C@H]1CN([C@@H](C)c2ccc(OC3COC3)c(C)c2)[C@H](CC)CN1c1cc(=O)n(C)c2cn(CC#N)nc12. The maximum Gasteiger partial charge on any atom is 0.252 e. The number of nitriles is 1. The topological polar surface area (TPSA) is 88.5 Å². The third-order valence-corrected chi connectivity index (χ3v) is 8.24. The summed E-state index contributed by atoms with van der Waals surface area (Å²) in [5.41, 5.74) is 4.78. The van der Waals surface area contributed by atoms with Gasteiger partial charge in [0.1, 0.15) is 23.9 Å². The van der Waals surface area contributed by atoms with Crippen LogP contribution in [0.25, 0.3) is 11.0 Å². The van der Waals surface area contributed by atoms with Crippen LogP contribution in [0.1, 0.15) is 50.8 Å². The Kier molecular flexibility index (Phi) is 7.46. The lowest BCUT2D eigenvalue weighted by Crippen LogP contribution is -2.58. The standard InChI is InChI=1S/C29H38N6O3/c1-6-22-15-35(25-13-28(36)32(5)26-16-33(11-10-30)31-29(25)26)23(7-2)14-34(22)20(4)21-8-9-27(19(3)12-21)38-24-17-37-18-24/h8-9,12-13,16,20,22-24H,6-7,11,14-15,17-18H2,1-5H3/t20-,22+,23-/m0/s1. The van der Waals surface area contributed by atoms with Crippen molar-refractivity contribution in [2.24, 2.45) is 7.05 Å². The van der Waals surface area contributed by atoms with Crippen LogP contribution in [0.5, 0.6) is 5.75 Å². The Morgan fingerprint density at radius 1 is 1.18 bits per heavy atom. The van der Waals surface area contributed by atoms with Gasteiger partial charge in [-0.05, 0) is 43.9 Å². The van der Waals surface area contributed by atoms with Crippen LogP contribution in [0, 0.1) is 18.3 Å². The van der Waals surface area contributed by atoms with Gasteiger partial charge in [0.2, 0.25) is 0 Å². The van der Waals surface area contributed by atoms with Gasteiger partial charge in [0.25, 0.3) is 5.56 Å². The zero-order valence-corrected chi connectivity index (χ0v) is 23.1. The number of fused-ring (bicyclic) bond motifs is 1. The number of benzene rings is 1. The molecular weight excluding hydrogens is 480 g/mol. The van der Waals surface area contributed by atoms with Crippen molar-refractivity contribution in [3.8, 4) is 11.8 Å². The molecule has 5 rings (SSSR count). The number of aryl methyl sites for hydroxylation is 2.